The minimum absolute atomic E-state index is 0. The second kappa shape index (κ2) is 3.37. The van der Waals surface area contributed by atoms with Gasteiger partial charge in [0.15, 0.2) is 0 Å². The molecular formula is CH3FMnO3S. The Morgan fingerprint density at radius 3 is 1.71 bits per heavy atom. The molecule has 0 heterocycles. The second-order valence-electron chi connectivity index (χ2n) is 0.691. The van der Waals surface area contributed by atoms with E-state index in [-0.39, 0.29) is 17.1 Å². The normalized spacial score (nSPS) is 10.0. The van der Waals surface area contributed by atoms with Crippen LogP contribution in [0.5, 0.6) is 0 Å². The van der Waals surface area contributed by atoms with E-state index >= 15 is 0 Å². The van der Waals surface area contributed by atoms with Crippen molar-refractivity contribution >= 4 is 10.1 Å². The largest absolute Gasteiger partial charge is 0.294 e. The molecule has 0 aromatic rings. The first-order chi connectivity index (χ1) is 2.56. The Kier molecular flexibility index (Phi) is 4.99. The number of hydrogen-bond donors (Lipinski definition) is 1. The minimum Gasteiger partial charge on any atom is -0.284 e. The molecule has 1 N–H and O–H groups in total. The van der Waals surface area contributed by atoms with E-state index in [1.165, 1.54) is 0 Å². The summed E-state index contributed by atoms with van der Waals surface area (Å²) in [4.78, 5) is 0. The Morgan fingerprint density at radius 2 is 1.71 bits per heavy atom. The number of rotatable bonds is 1. The molecule has 45 valence electrons. The van der Waals surface area contributed by atoms with Gasteiger partial charge in [-0.15, -0.1) is 0 Å². The molecule has 0 rings (SSSR count). The van der Waals surface area contributed by atoms with Gasteiger partial charge in [-0.1, -0.05) is 0 Å². The Labute approximate surface area is 51.1 Å². The van der Waals surface area contributed by atoms with Gasteiger partial charge in [0.2, 0.25) is 6.01 Å². The third kappa shape index (κ3) is 10.7. The van der Waals surface area contributed by atoms with Gasteiger partial charge in [-0.2, -0.15) is 8.42 Å². The summed E-state index contributed by atoms with van der Waals surface area (Å²) in [5.41, 5.74) is 0. The van der Waals surface area contributed by atoms with Gasteiger partial charge < -0.3 is 0 Å². The molecule has 0 aromatic carbocycles. The quantitative estimate of drug-likeness (QED) is 0.436. The Hall–Kier alpha value is 0.359. The molecule has 0 bridgehead atoms. The molecule has 0 saturated heterocycles. The van der Waals surface area contributed by atoms with Gasteiger partial charge in [0.25, 0.3) is 10.1 Å². The summed E-state index contributed by atoms with van der Waals surface area (Å²) in [7, 11) is -4.33. The fourth-order valence-corrected chi connectivity index (χ4v) is 0. The third-order valence-electron chi connectivity index (χ3n) is 0.138. The van der Waals surface area contributed by atoms with Crippen LogP contribution in [0, 0.1) is 0 Å². The average molecular weight is 169 g/mol. The SMILES string of the molecule is O=S(=O)(O)CF.[Mn]. The monoisotopic (exact) mass is 169 g/mol. The minimum atomic E-state index is -4.33. The van der Waals surface area contributed by atoms with Crippen LogP contribution in [0.3, 0.4) is 0 Å². The van der Waals surface area contributed by atoms with Crippen LogP contribution in [0.2, 0.25) is 0 Å². The van der Waals surface area contributed by atoms with Gasteiger partial charge in [-0.25, -0.2) is 4.39 Å². The van der Waals surface area contributed by atoms with E-state index in [9.17, 15) is 12.8 Å². The first kappa shape index (κ1) is 10.4. The molecule has 7 heavy (non-hydrogen) atoms. The summed E-state index contributed by atoms with van der Waals surface area (Å²) in [5, 5.41) is 0. The van der Waals surface area contributed by atoms with Crippen LogP contribution >= 0.6 is 0 Å². The zero-order chi connectivity index (χ0) is 5.21. The predicted molar refractivity (Wildman–Crippen MR) is 17.5 cm³/mol. The second-order valence-corrected chi connectivity index (χ2v) is 2.07. The molecule has 6 heteroatoms. The van der Waals surface area contributed by atoms with Crippen molar-refractivity contribution in [3.63, 3.8) is 0 Å². The van der Waals surface area contributed by atoms with Crippen molar-refractivity contribution in [2.45, 2.75) is 0 Å². The zero-order valence-electron chi connectivity index (χ0n) is 3.13. The van der Waals surface area contributed by atoms with Gasteiger partial charge in [-0.05, 0) is 0 Å². The van der Waals surface area contributed by atoms with Crippen molar-refractivity contribution in [3.8, 4) is 0 Å². The van der Waals surface area contributed by atoms with Crippen LogP contribution in [0.4, 0.5) is 4.39 Å². The third-order valence-corrected chi connectivity index (χ3v) is 0.414. The molecule has 0 aliphatic rings. The van der Waals surface area contributed by atoms with Crippen LogP contribution < -0.4 is 0 Å². The predicted octanol–water partition coefficient (Wildman–Crippen LogP) is -0.201. The Morgan fingerprint density at radius 1 is 1.57 bits per heavy atom. The molecule has 0 amide bonds. The molecule has 0 spiro atoms. The van der Waals surface area contributed by atoms with Crippen molar-refractivity contribution in [2.75, 3.05) is 6.01 Å². The Bertz CT molecular complexity index is 117. The van der Waals surface area contributed by atoms with Crippen molar-refractivity contribution in [1.82, 2.24) is 0 Å². The molecule has 0 aromatic heterocycles. The molecule has 0 aliphatic carbocycles. The smallest absolute Gasteiger partial charge is 0.284 e. The maximum atomic E-state index is 10.7. The van der Waals surface area contributed by atoms with Crippen LogP contribution in [-0.2, 0) is 27.2 Å². The van der Waals surface area contributed by atoms with Crippen molar-refractivity contribution in [2.24, 2.45) is 0 Å². The number of alkyl halides is 1. The van der Waals surface area contributed by atoms with Gasteiger partial charge in [0.05, 0.1) is 0 Å². The maximum absolute atomic E-state index is 10.7. The first-order valence-corrected chi connectivity index (χ1v) is 2.68. The van der Waals surface area contributed by atoms with E-state index in [0.29, 0.717) is 0 Å². The van der Waals surface area contributed by atoms with Crippen molar-refractivity contribution in [3.05, 3.63) is 0 Å². The van der Waals surface area contributed by atoms with E-state index in [4.69, 9.17) is 4.55 Å². The standard InChI is InChI=1S/CH3FO3S.Mn/c2-1-6(3,4)5;/h1H2,(H,3,4,5);. The summed E-state index contributed by atoms with van der Waals surface area (Å²) in [6.07, 6.45) is 0. The molecular weight excluding hydrogens is 166 g/mol. The van der Waals surface area contributed by atoms with E-state index in [0.717, 1.165) is 0 Å². The maximum Gasteiger partial charge on any atom is 0.294 e. The Balaban J connectivity index is 0. The topological polar surface area (TPSA) is 54.4 Å². The molecule has 0 atom stereocenters. The summed E-state index contributed by atoms with van der Waals surface area (Å²) in [6, 6.07) is -1.70. The zero-order valence-corrected chi connectivity index (χ0v) is 5.13. The molecule has 0 aliphatic heterocycles. The van der Waals surface area contributed by atoms with Gasteiger partial charge in [0.1, 0.15) is 0 Å². The molecule has 0 saturated carbocycles. The van der Waals surface area contributed by atoms with Gasteiger partial charge in [0, 0.05) is 17.1 Å². The van der Waals surface area contributed by atoms with E-state index in [2.05, 4.69) is 0 Å². The fraction of sp³-hybridized carbons (Fsp3) is 1.00. The van der Waals surface area contributed by atoms with Gasteiger partial charge in [-0.3, -0.25) is 4.55 Å². The summed E-state index contributed by atoms with van der Waals surface area (Å²) in [5.74, 6) is 0. The molecule has 0 unspecified atom stereocenters. The van der Waals surface area contributed by atoms with Crippen LogP contribution in [-0.4, -0.2) is 19.0 Å². The van der Waals surface area contributed by atoms with Crippen molar-refractivity contribution < 1.29 is 34.4 Å². The summed E-state index contributed by atoms with van der Waals surface area (Å²) >= 11 is 0. The summed E-state index contributed by atoms with van der Waals surface area (Å²) < 4.78 is 36.4. The number of hydrogen-bond acceptors (Lipinski definition) is 2. The summed E-state index contributed by atoms with van der Waals surface area (Å²) in [6.45, 7) is 0. The van der Waals surface area contributed by atoms with Gasteiger partial charge >= 0.3 is 0 Å². The first-order valence-electron chi connectivity index (χ1n) is 1.07. The van der Waals surface area contributed by atoms with Crippen LogP contribution in [0.1, 0.15) is 0 Å². The van der Waals surface area contributed by atoms with E-state index in [1.54, 1.807) is 0 Å². The fourth-order valence-electron chi connectivity index (χ4n) is 0. The van der Waals surface area contributed by atoms with E-state index in [1.807, 2.05) is 0 Å². The molecule has 0 fully saturated rings. The average Bonchev–Trinajstić information content (AvgIpc) is 1.35. The number of halogens is 1. The van der Waals surface area contributed by atoms with Crippen molar-refractivity contribution in [1.29, 1.82) is 0 Å². The van der Waals surface area contributed by atoms with Crippen LogP contribution in [0.25, 0.3) is 0 Å². The molecule has 3 nitrogen and oxygen atoms in total. The van der Waals surface area contributed by atoms with E-state index < -0.39 is 16.1 Å². The van der Waals surface area contributed by atoms with Crippen LogP contribution in [0.15, 0.2) is 0 Å². The molecule has 1 radical (unpaired) electrons.